The second-order valence-corrected chi connectivity index (χ2v) is 5.44. The van der Waals surface area contributed by atoms with Crippen molar-refractivity contribution < 1.29 is 0 Å². The number of allylic oxidation sites excluding steroid dienone is 2. The Morgan fingerprint density at radius 3 is 1.36 bits per heavy atom. The quantitative estimate of drug-likeness (QED) is 0.316. The molecule has 0 aliphatic carbocycles. The van der Waals surface area contributed by atoms with Crippen LogP contribution in [-0.2, 0) is 0 Å². The molecular formula is C12H22Br2. The molecule has 0 heterocycles. The lowest BCUT2D eigenvalue weighted by Crippen LogP contribution is -1.88. The van der Waals surface area contributed by atoms with Crippen LogP contribution in [0.25, 0.3) is 0 Å². The molecule has 0 amide bonds. The molecule has 0 bridgehead atoms. The van der Waals surface area contributed by atoms with Crippen LogP contribution in [0.2, 0.25) is 0 Å². The molecule has 0 atom stereocenters. The maximum atomic E-state index is 3.47. The standard InChI is InChI=1S/C12H22Br2/c1-11(7-3-5-9-13)12(2)8-4-6-10-14/h3-10H2,1-2H3. The van der Waals surface area contributed by atoms with E-state index in [2.05, 4.69) is 45.7 Å². The maximum absolute atomic E-state index is 3.47. The highest BCUT2D eigenvalue weighted by Gasteiger charge is 1.97. The summed E-state index contributed by atoms with van der Waals surface area (Å²) in [6.07, 6.45) is 7.81. The third-order valence-electron chi connectivity index (χ3n) is 2.60. The van der Waals surface area contributed by atoms with Crippen LogP contribution in [0.3, 0.4) is 0 Å². The Hall–Kier alpha value is 0.700. The van der Waals surface area contributed by atoms with Gasteiger partial charge in [0.25, 0.3) is 0 Å². The second-order valence-electron chi connectivity index (χ2n) is 3.85. The first kappa shape index (κ1) is 14.7. The Morgan fingerprint density at radius 1 is 0.714 bits per heavy atom. The fourth-order valence-corrected chi connectivity index (χ4v) is 2.19. The van der Waals surface area contributed by atoms with Crippen molar-refractivity contribution in [3.63, 3.8) is 0 Å². The SMILES string of the molecule is CC(CCCCBr)=C(C)CCCCBr. The summed E-state index contributed by atoms with van der Waals surface area (Å²) in [6.45, 7) is 4.58. The monoisotopic (exact) mass is 324 g/mol. The largest absolute Gasteiger partial charge is 0.0928 e. The van der Waals surface area contributed by atoms with E-state index in [1.54, 1.807) is 11.1 Å². The van der Waals surface area contributed by atoms with E-state index in [1.807, 2.05) is 0 Å². The molecule has 0 rings (SSSR count). The van der Waals surface area contributed by atoms with Gasteiger partial charge in [-0.2, -0.15) is 0 Å². The van der Waals surface area contributed by atoms with Crippen molar-refractivity contribution >= 4 is 31.9 Å². The molecule has 0 nitrogen and oxygen atoms in total. The highest BCUT2D eigenvalue weighted by atomic mass is 79.9. The van der Waals surface area contributed by atoms with E-state index in [9.17, 15) is 0 Å². The normalized spacial score (nSPS) is 12.9. The van der Waals surface area contributed by atoms with Crippen LogP contribution in [0.5, 0.6) is 0 Å². The number of halogens is 2. The van der Waals surface area contributed by atoms with E-state index < -0.39 is 0 Å². The smallest absolute Gasteiger partial charge is 0.00314 e. The first-order valence-electron chi connectivity index (χ1n) is 5.49. The fourth-order valence-electron chi connectivity index (χ4n) is 1.40. The van der Waals surface area contributed by atoms with Gasteiger partial charge in [0.2, 0.25) is 0 Å². The molecule has 0 fully saturated rings. The average molecular weight is 326 g/mol. The Balaban J connectivity index is 3.66. The van der Waals surface area contributed by atoms with Gasteiger partial charge in [-0.15, -0.1) is 0 Å². The maximum Gasteiger partial charge on any atom is 0.00314 e. The molecule has 0 spiro atoms. The van der Waals surface area contributed by atoms with Gasteiger partial charge >= 0.3 is 0 Å². The van der Waals surface area contributed by atoms with Gasteiger partial charge in [0.05, 0.1) is 0 Å². The van der Waals surface area contributed by atoms with Gasteiger partial charge in [-0.1, -0.05) is 43.0 Å². The molecule has 0 saturated carbocycles. The van der Waals surface area contributed by atoms with Crippen molar-refractivity contribution in [1.82, 2.24) is 0 Å². The van der Waals surface area contributed by atoms with Crippen LogP contribution in [0, 0.1) is 0 Å². The summed E-state index contributed by atoms with van der Waals surface area (Å²) in [7, 11) is 0. The number of unbranched alkanes of at least 4 members (excludes halogenated alkanes) is 2. The van der Waals surface area contributed by atoms with E-state index in [-0.39, 0.29) is 0 Å². The Kier molecular flexibility index (Phi) is 10.7. The lowest BCUT2D eigenvalue weighted by Gasteiger charge is -2.07. The van der Waals surface area contributed by atoms with Crippen LogP contribution >= 0.6 is 31.9 Å². The van der Waals surface area contributed by atoms with Crippen LogP contribution < -0.4 is 0 Å². The molecule has 0 unspecified atom stereocenters. The van der Waals surface area contributed by atoms with Crippen molar-refractivity contribution in [2.75, 3.05) is 10.7 Å². The zero-order chi connectivity index (χ0) is 10.8. The summed E-state index contributed by atoms with van der Waals surface area (Å²) >= 11 is 6.93. The minimum atomic E-state index is 1.14. The molecule has 0 aromatic carbocycles. The third-order valence-corrected chi connectivity index (χ3v) is 3.72. The first-order chi connectivity index (χ1) is 6.72. The van der Waals surface area contributed by atoms with Gasteiger partial charge in [-0.25, -0.2) is 0 Å². The van der Waals surface area contributed by atoms with Crippen LogP contribution in [0.4, 0.5) is 0 Å². The number of alkyl halides is 2. The van der Waals surface area contributed by atoms with Crippen LogP contribution in [0.15, 0.2) is 11.1 Å². The molecule has 84 valence electrons. The lowest BCUT2D eigenvalue weighted by atomic mass is 10.0. The third kappa shape index (κ3) is 8.05. The molecule has 0 aromatic heterocycles. The second kappa shape index (κ2) is 10.2. The first-order valence-corrected chi connectivity index (χ1v) is 7.73. The molecule has 0 saturated heterocycles. The highest BCUT2D eigenvalue weighted by molar-refractivity contribution is 9.09. The molecule has 14 heavy (non-hydrogen) atoms. The van der Waals surface area contributed by atoms with Crippen molar-refractivity contribution in [1.29, 1.82) is 0 Å². The van der Waals surface area contributed by atoms with Gasteiger partial charge < -0.3 is 0 Å². The molecule has 0 radical (unpaired) electrons. The number of hydrogen-bond acceptors (Lipinski definition) is 0. The van der Waals surface area contributed by atoms with Crippen LogP contribution in [-0.4, -0.2) is 10.7 Å². The summed E-state index contributed by atoms with van der Waals surface area (Å²) in [5.74, 6) is 0. The molecule has 2 heteroatoms. The van der Waals surface area contributed by atoms with Crippen molar-refractivity contribution in [3.05, 3.63) is 11.1 Å². The minimum absolute atomic E-state index is 1.14. The molecule has 0 aliphatic heterocycles. The summed E-state index contributed by atoms with van der Waals surface area (Å²) in [4.78, 5) is 0. The minimum Gasteiger partial charge on any atom is -0.0928 e. The van der Waals surface area contributed by atoms with Crippen molar-refractivity contribution in [3.8, 4) is 0 Å². The summed E-state index contributed by atoms with van der Waals surface area (Å²) < 4.78 is 0. The van der Waals surface area contributed by atoms with Crippen molar-refractivity contribution in [2.45, 2.75) is 52.4 Å². The zero-order valence-electron chi connectivity index (χ0n) is 9.41. The summed E-state index contributed by atoms with van der Waals surface area (Å²) in [5.41, 5.74) is 3.22. The molecule has 0 N–H and O–H groups in total. The highest BCUT2D eigenvalue weighted by Crippen LogP contribution is 2.17. The van der Waals surface area contributed by atoms with Crippen molar-refractivity contribution in [2.24, 2.45) is 0 Å². The van der Waals surface area contributed by atoms with Crippen LogP contribution in [0.1, 0.15) is 52.4 Å². The number of rotatable bonds is 8. The lowest BCUT2D eigenvalue weighted by molar-refractivity contribution is 0.753. The van der Waals surface area contributed by atoms with E-state index in [4.69, 9.17) is 0 Å². The Bertz CT molecular complexity index is 144. The summed E-state index contributed by atoms with van der Waals surface area (Å²) in [5, 5.41) is 2.28. The molecular weight excluding hydrogens is 304 g/mol. The van der Waals surface area contributed by atoms with Gasteiger partial charge in [-0.3, -0.25) is 0 Å². The fraction of sp³-hybridized carbons (Fsp3) is 0.833. The Morgan fingerprint density at radius 2 is 1.07 bits per heavy atom. The van der Waals surface area contributed by atoms with Gasteiger partial charge in [0, 0.05) is 10.7 Å². The summed E-state index contributed by atoms with van der Waals surface area (Å²) in [6, 6.07) is 0. The zero-order valence-corrected chi connectivity index (χ0v) is 12.6. The van der Waals surface area contributed by atoms with E-state index in [0.717, 1.165) is 10.7 Å². The van der Waals surface area contributed by atoms with Gasteiger partial charge in [0.1, 0.15) is 0 Å². The van der Waals surface area contributed by atoms with E-state index in [0.29, 0.717) is 0 Å². The molecule has 0 aliphatic rings. The van der Waals surface area contributed by atoms with E-state index in [1.165, 1.54) is 38.5 Å². The van der Waals surface area contributed by atoms with Gasteiger partial charge in [0.15, 0.2) is 0 Å². The Labute approximate surface area is 106 Å². The predicted molar refractivity (Wildman–Crippen MR) is 73.7 cm³/mol. The van der Waals surface area contributed by atoms with Gasteiger partial charge in [-0.05, 0) is 52.4 Å². The average Bonchev–Trinajstić information content (AvgIpc) is 2.18. The number of hydrogen-bond donors (Lipinski definition) is 0. The van der Waals surface area contributed by atoms with E-state index >= 15 is 0 Å². The predicted octanol–water partition coefficient (Wildman–Crippen LogP) is 5.45. The molecule has 0 aromatic rings. The topological polar surface area (TPSA) is 0 Å².